The van der Waals surface area contributed by atoms with Gasteiger partial charge in [0.05, 0.1) is 6.26 Å². The van der Waals surface area contributed by atoms with E-state index in [0.717, 1.165) is 5.56 Å². The van der Waals surface area contributed by atoms with Crippen LogP contribution in [0.15, 0.2) is 42.7 Å². The molecule has 0 fully saturated rings. The Bertz CT molecular complexity index is 955. The van der Waals surface area contributed by atoms with Crippen molar-refractivity contribution < 1.29 is 42.1 Å². The lowest BCUT2D eigenvalue weighted by Gasteiger charge is -2.06. The zero-order valence-corrected chi connectivity index (χ0v) is 16.3. The summed E-state index contributed by atoms with van der Waals surface area (Å²) in [6, 6.07) is 7.64. The topological polar surface area (TPSA) is 180 Å². The highest BCUT2D eigenvalue weighted by Crippen LogP contribution is 2.24. The summed E-state index contributed by atoms with van der Waals surface area (Å²) in [5, 5.41) is 21.2. The number of phenols is 2. The van der Waals surface area contributed by atoms with Crippen molar-refractivity contribution in [1.82, 2.24) is 5.32 Å². The molecule has 0 spiro atoms. The fourth-order valence-corrected chi connectivity index (χ4v) is 1.97. The van der Waals surface area contributed by atoms with Gasteiger partial charge < -0.3 is 26.0 Å². The van der Waals surface area contributed by atoms with Gasteiger partial charge in [0.2, 0.25) is 0 Å². The first-order valence-corrected chi connectivity index (χ1v) is 9.93. The fourth-order valence-electron chi connectivity index (χ4n) is 1.97. The number of nitrogens with two attached hydrogens (primary N) is 1. The average Bonchev–Trinajstić information content (AvgIpc) is 2.62. The van der Waals surface area contributed by atoms with Crippen LogP contribution in [0, 0.1) is 0 Å². The number of pyridine rings is 1. The van der Waals surface area contributed by atoms with Gasteiger partial charge in [-0.05, 0) is 30.2 Å². The number of hydrogen-bond donors (Lipinski definition) is 5. The second-order valence-electron chi connectivity index (χ2n) is 5.76. The molecule has 1 heterocycles. The molecule has 1 aromatic carbocycles. The Morgan fingerprint density at radius 3 is 2.45 bits per heavy atom. The first kappa shape index (κ1) is 23.7. The van der Waals surface area contributed by atoms with Crippen molar-refractivity contribution >= 4 is 22.1 Å². The maximum Gasteiger partial charge on any atom is 0.412 e. The summed E-state index contributed by atoms with van der Waals surface area (Å²) in [5.41, 5.74) is 6.25. The first-order chi connectivity index (χ1) is 13.5. The van der Waals surface area contributed by atoms with Crippen molar-refractivity contribution in [3.8, 4) is 11.5 Å². The third-order valence-corrected chi connectivity index (χ3v) is 3.21. The quantitative estimate of drug-likeness (QED) is 0.240. The van der Waals surface area contributed by atoms with E-state index in [4.69, 9.17) is 15.0 Å². The van der Waals surface area contributed by atoms with Crippen LogP contribution in [0.25, 0.3) is 0 Å². The van der Waals surface area contributed by atoms with Crippen molar-refractivity contribution in [3.63, 3.8) is 0 Å². The van der Waals surface area contributed by atoms with Gasteiger partial charge in [-0.1, -0.05) is 6.07 Å². The van der Waals surface area contributed by atoms with Gasteiger partial charge in [0.25, 0.3) is 22.8 Å². The third kappa shape index (κ3) is 10.5. The molecule has 12 heteroatoms. The molecule has 2 aromatic rings. The lowest BCUT2D eigenvalue weighted by atomic mass is 10.1. The Morgan fingerprint density at radius 1 is 1.21 bits per heavy atom. The molecule has 11 nitrogen and oxygen atoms in total. The summed E-state index contributed by atoms with van der Waals surface area (Å²) in [5.74, 6) is -0.965. The number of nitrogens with zero attached hydrogens (tertiary/aromatic N) is 1. The molecular weight excluding hydrogens is 406 g/mol. The Morgan fingerprint density at radius 2 is 1.86 bits per heavy atom. The Hall–Kier alpha value is -3.38. The molecule has 6 N–H and O–H groups in total. The zero-order chi connectivity index (χ0) is 22.0. The van der Waals surface area contributed by atoms with Crippen LogP contribution in [0.5, 0.6) is 11.5 Å². The highest BCUT2D eigenvalue weighted by atomic mass is 32.2. The number of aromatic hydroxyl groups is 2. The second kappa shape index (κ2) is 10.8. The number of rotatable bonds is 6. The summed E-state index contributed by atoms with van der Waals surface area (Å²) in [4.78, 5) is 22.7. The number of primary amides is 1. The number of ether oxygens (including phenoxy) is 1. The van der Waals surface area contributed by atoms with Gasteiger partial charge >= 0.3 is 6.09 Å². The maximum atomic E-state index is 11.6. The summed E-state index contributed by atoms with van der Waals surface area (Å²) >= 11 is 0. The summed E-state index contributed by atoms with van der Waals surface area (Å²) in [6.07, 6.45) is 3.68. The number of alkyl carbamates (subject to hydrolysis) is 1. The third-order valence-electron chi connectivity index (χ3n) is 3.21. The molecule has 158 valence electrons. The van der Waals surface area contributed by atoms with Crippen LogP contribution < -0.4 is 15.6 Å². The molecular formula is C17H22N3O8S+. The molecule has 0 atom stereocenters. The number of phenolic OH excluding ortho intramolecular Hbond substituents is 2. The van der Waals surface area contributed by atoms with E-state index < -0.39 is 22.1 Å². The van der Waals surface area contributed by atoms with Crippen LogP contribution in [-0.4, -0.2) is 48.0 Å². The molecule has 0 saturated heterocycles. The number of aromatic nitrogens is 1. The summed E-state index contributed by atoms with van der Waals surface area (Å²) in [7, 11) is -3.67. The lowest BCUT2D eigenvalue weighted by molar-refractivity contribution is -0.727. The van der Waals surface area contributed by atoms with E-state index in [1.54, 1.807) is 24.4 Å². The van der Waals surface area contributed by atoms with Gasteiger partial charge in [-0.25, -0.2) is 4.79 Å². The Kier molecular flexibility index (Phi) is 8.83. The monoisotopic (exact) mass is 428 g/mol. The van der Waals surface area contributed by atoms with E-state index in [2.05, 4.69) is 5.32 Å². The lowest BCUT2D eigenvalue weighted by Crippen LogP contribution is -2.39. The summed E-state index contributed by atoms with van der Waals surface area (Å²) < 4.78 is 32.4. The van der Waals surface area contributed by atoms with Crippen LogP contribution in [-0.2, 0) is 28.0 Å². The van der Waals surface area contributed by atoms with Crippen LogP contribution in [0.3, 0.4) is 0 Å². The number of carbonyl (C=O) groups is 2. The largest absolute Gasteiger partial charge is 0.504 e. The molecule has 0 saturated carbocycles. The van der Waals surface area contributed by atoms with Crippen molar-refractivity contribution in [3.05, 3.63) is 53.9 Å². The molecule has 29 heavy (non-hydrogen) atoms. The molecule has 1 aromatic heterocycles. The van der Waals surface area contributed by atoms with Crippen molar-refractivity contribution in [2.45, 2.75) is 13.2 Å². The van der Waals surface area contributed by atoms with Crippen molar-refractivity contribution in [2.75, 3.05) is 12.8 Å². The normalized spacial score (nSPS) is 10.4. The molecule has 0 bridgehead atoms. The van der Waals surface area contributed by atoms with E-state index in [1.165, 1.54) is 22.9 Å². The van der Waals surface area contributed by atoms with Crippen LogP contribution in [0.1, 0.15) is 15.9 Å². The SMILES string of the molecule is CS(=O)(=O)O.NC(=O)c1ccc[n+](COC(=O)NCCc2ccc(O)c(O)c2)c1. The first-order valence-electron chi connectivity index (χ1n) is 8.08. The highest BCUT2D eigenvalue weighted by molar-refractivity contribution is 7.85. The number of amides is 2. The average molecular weight is 428 g/mol. The summed E-state index contributed by atoms with van der Waals surface area (Å²) in [6.45, 7) is 0.238. The predicted molar refractivity (Wildman–Crippen MR) is 101 cm³/mol. The molecule has 0 aliphatic rings. The number of hydrogen-bond acceptors (Lipinski definition) is 7. The minimum absolute atomic E-state index is 0.0625. The standard InChI is InChI=1S/C16H17N3O5.CH4O3S/c17-15(22)12-2-1-7-19(9-12)10-24-16(23)18-6-5-11-3-4-13(20)14(21)8-11;1-5(2,3)4/h1-4,7-9H,5-6,10H2,(H4-,17,18,20,21,22,23);1H3,(H,2,3,4)/p+1. The van der Waals surface area contributed by atoms with Gasteiger partial charge in [-0.2, -0.15) is 13.0 Å². The van der Waals surface area contributed by atoms with Gasteiger partial charge in [0.1, 0.15) is 5.56 Å². The van der Waals surface area contributed by atoms with Gasteiger partial charge in [-0.15, -0.1) is 0 Å². The van der Waals surface area contributed by atoms with E-state index in [-0.39, 0.29) is 18.2 Å². The fraction of sp³-hybridized carbons (Fsp3) is 0.235. The minimum Gasteiger partial charge on any atom is -0.504 e. The number of benzene rings is 1. The van der Waals surface area contributed by atoms with Crippen molar-refractivity contribution in [2.24, 2.45) is 5.73 Å². The van der Waals surface area contributed by atoms with E-state index in [0.29, 0.717) is 24.8 Å². The highest BCUT2D eigenvalue weighted by Gasteiger charge is 2.10. The molecule has 2 amide bonds. The van der Waals surface area contributed by atoms with Gasteiger partial charge in [0.15, 0.2) is 23.9 Å². The van der Waals surface area contributed by atoms with Crippen LogP contribution in [0.4, 0.5) is 4.79 Å². The van der Waals surface area contributed by atoms with E-state index >= 15 is 0 Å². The molecule has 0 radical (unpaired) electrons. The van der Waals surface area contributed by atoms with Crippen LogP contribution >= 0.6 is 0 Å². The minimum atomic E-state index is -3.67. The molecule has 0 unspecified atom stereocenters. The smallest absolute Gasteiger partial charge is 0.412 e. The number of nitrogens with one attached hydrogen (secondary N) is 1. The second-order valence-corrected chi connectivity index (χ2v) is 7.23. The van der Waals surface area contributed by atoms with E-state index in [1.807, 2.05) is 0 Å². The van der Waals surface area contributed by atoms with Crippen LogP contribution in [0.2, 0.25) is 0 Å². The van der Waals surface area contributed by atoms with Gasteiger partial charge in [-0.3, -0.25) is 9.35 Å². The van der Waals surface area contributed by atoms with E-state index in [9.17, 15) is 28.2 Å². The molecule has 0 aliphatic heterocycles. The maximum absolute atomic E-state index is 11.6. The Balaban J connectivity index is 0.000000749. The molecule has 2 rings (SSSR count). The zero-order valence-electron chi connectivity index (χ0n) is 15.5. The van der Waals surface area contributed by atoms with Crippen molar-refractivity contribution in [1.29, 1.82) is 0 Å². The predicted octanol–water partition coefficient (Wildman–Crippen LogP) is -0.0854. The Labute approximate surface area is 167 Å². The van der Waals surface area contributed by atoms with Gasteiger partial charge in [0, 0.05) is 12.6 Å². The number of carbonyl (C=O) groups excluding carboxylic acids is 2. The molecule has 0 aliphatic carbocycles.